The van der Waals surface area contributed by atoms with Crippen LogP contribution in [0.4, 0.5) is 4.39 Å². The molecular weight excluding hydrogens is 265 g/mol. The number of halogens is 1. The Morgan fingerprint density at radius 3 is 2.76 bits per heavy atom. The van der Waals surface area contributed by atoms with E-state index < -0.39 is 0 Å². The van der Waals surface area contributed by atoms with Crippen molar-refractivity contribution < 1.29 is 9.13 Å². The summed E-state index contributed by atoms with van der Waals surface area (Å²) in [6.07, 6.45) is 3.42. The average molecular weight is 285 g/mol. The molecule has 1 N–H and O–H groups in total. The van der Waals surface area contributed by atoms with E-state index in [1.165, 1.54) is 23.6 Å². The molecule has 2 aromatic carbocycles. The lowest BCUT2D eigenvalue weighted by Gasteiger charge is -2.17. The maximum absolute atomic E-state index is 14.2. The number of rotatable bonds is 4. The first-order chi connectivity index (χ1) is 10.2. The standard InChI is InChI=1S/C18H20FNO/c1-12(20-2)16-7-4-8-17(19)18(16)21-15-10-9-13-5-3-6-14(13)11-15/h4,7-12,20H,3,5-6H2,1-2H3. The van der Waals surface area contributed by atoms with Crippen molar-refractivity contribution in [2.24, 2.45) is 0 Å². The summed E-state index contributed by atoms with van der Waals surface area (Å²) in [6.45, 7) is 1.99. The highest BCUT2D eigenvalue weighted by atomic mass is 19.1. The van der Waals surface area contributed by atoms with Crippen LogP contribution < -0.4 is 10.1 Å². The van der Waals surface area contributed by atoms with Gasteiger partial charge in [0.25, 0.3) is 0 Å². The highest BCUT2D eigenvalue weighted by molar-refractivity contribution is 5.44. The third-order valence-corrected chi connectivity index (χ3v) is 4.19. The largest absolute Gasteiger partial charge is 0.454 e. The van der Waals surface area contributed by atoms with Crippen LogP contribution in [-0.4, -0.2) is 7.05 Å². The Labute approximate surface area is 125 Å². The molecule has 3 heteroatoms. The van der Waals surface area contributed by atoms with E-state index in [0.717, 1.165) is 18.4 Å². The van der Waals surface area contributed by atoms with Gasteiger partial charge in [-0.05, 0) is 62.6 Å². The minimum atomic E-state index is -0.324. The van der Waals surface area contributed by atoms with E-state index in [-0.39, 0.29) is 11.9 Å². The first-order valence-corrected chi connectivity index (χ1v) is 7.44. The molecule has 0 heterocycles. The van der Waals surface area contributed by atoms with Gasteiger partial charge in [0, 0.05) is 11.6 Å². The van der Waals surface area contributed by atoms with Crippen molar-refractivity contribution in [2.45, 2.75) is 32.2 Å². The van der Waals surface area contributed by atoms with E-state index >= 15 is 0 Å². The molecule has 0 fully saturated rings. The van der Waals surface area contributed by atoms with Crippen molar-refractivity contribution >= 4 is 0 Å². The smallest absolute Gasteiger partial charge is 0.167 e. The quantitative estimate of drug-likeness (QED) is 0.899. The Bertz CT molecular complexity index is 654. The molecule has 0 aliphatic heterocycles. The van der Waals surface area contributed by atoms with Gasteiger partial charge < -0.3 is 10.1 Å². The van der Waals surface area contributed by atoms with Gasteiger partial charge in [-0.3, -0.25) is 0 Å². The van der Waals surface area contributed by atoms with Crippen molar-refractivity contribution in [3.05, 3.63) is 58.9 Å². The van der Waals surface area contributed by atoms with Crippen molar-refractivity contribution in [1.29, 1.82) is 0 Å². The SMILES string of the molecule is CNC(C)c1cccc(F)c1Oc1ccc2c(c1)CCC2. The summed E-state index contributed by atoms with van der Waals surface area (Å²) in [4.78, 5) is 0. The average Bonchev–Trinajstić information content (AvgIpc) is 2.96. The molecule has 0 saturated heterocycles. The van der Waals surface area contributed by atoms with Crippen LogP contribution in [-0.2, 0) is 12.8 Å². The number of benzene rings is 2. The van der Waals surface area contributed by atoms with Crippen LogP contribution in [0.3, 0.4) is 0 Å². The summed E-state index contributed by atoms with van der Waals surface area (Å²) in [7, 11) is 1.86. The van der Waals surface area contributed by atoms with Gasteiger partial charge >= 0.3 is 0 Å². The molecule has 2 nitrogen and oxygen atoms in total. The zero-order valence-electron chi connectivity index (χ0n) is 12.4. The van der Waals surface area contributed by atoms with E-state index in [9.17, 15) is 4.39 Å². The van der Waals surface area contributed by atoms with E-state index in [4.69, 9.17) is 4.74 Å². The highest BCUT2D eigenvalue weighted by Gasteiger charge is 2.17. The van der Waals surface area contributed by atoms with Crippen LogP contribution >= 0.6 is 0 Å². The highest BCUT2D eigenvalue weighted by Crippen LogP contribution is 2.34. The van der Waals surface area contributed by atoms with Crippen LogP contribution in [0.15, 0.2) is 36.4 Å². The lowest BCUT2D eigenvalue weighted by atomic mass is 10.1. The van der Waals surface area contributed by atoms with Gasteiger partial charge in [0.2, 0.25) is 0 Å². The Kier molecular flexibility index (Phi) is 3.93. The Balaban J connectivity index is 1.94. The third-order valence-electron chi connectivity index (χ3n) is 4.19. The van der Waals surface area contributed by atoms with E-state index in [1.807, 2.05) is 32.2 Å². The van der Waals surface area contributed by atoms with Crippen molar-refractivity contribution in [3.8, 4) is 11.5 Å². The van der Waals surface area contributed by atoms with Crippen molar-refractivity contribution in [3.63, 3.8) is 0 Å². The minimum Gasteiger partial charge on any atom is -0.454 e. The predicted octanol–water partition coefficient (Wildman–Crippen LogP) is 4.39. The molecule has 0 saturated carbocycles. The normalized spacial score (nSPS) is 14.8. The van der Waals surface area contributed by atoms with Gasteiger partial charge in [0.05, 0.1) is 0 Å². The van der Waals surface area contributed by atoms with Crippen LogP contribution in [0.1, 0.15) is 36.1 Å². The summed E-state index contributed by atoms with van der Waals surface area (Å²) in [5, 5.41) is 3.13. The zero-order chi connectivity index (χ0) is 14.8. The zero-order valence-corrected chi connectivity index (χ0v) is 12.4. The third kappa shape index (κ3) is 2.79. The fourth-order valence-electron chi connectivity index (χ4n) is 2.86. The van der Waals surface area contributed by atoms with Crippen LogP contribution in [0.25, 0.3) is 0 Å². The molecular formula is C18H20FNO. The summed E-state index contributed by atoms with van der Waals surface area (Å²) < 4.78 is 20.0. The fraction of sp³-hybridized carbons (Fsp3) is 0.333. The minimum absolute atomic E-state index is 0.0325. The summed E-state index contributed by atoms with van der Waals surface area (Å²) in [5.74, 6) is 0.706. The molecule has 0 bridgehead atoms. The summed E-state index contributed by atoms with van der Waals surface area (Å²) in [6, 6.07) is 11.2. The molecule has 1 aliphatic rings. The van der Waals surface area contributed by atoms with Crippen LogP contribution in [0.5, 0.6) is 11.5 Å². The molecule has 1 aliphatic carbocycles. The number of ether oxygens (including phenoxy) is 1. The van der Waals surface area contributed by atoms with E-state index in [2.05, 4.69) is 11.4 Å². The predicted molar refractivity (Wildman–Crippen MR) is 82.4 cm³/mol. The van der Waals surface area contributed by atoms with Gasteiger partial charge in [-0.1, -0.05) is 18.2 Å². The summed E-state index contributed by atoms with van der Waals surface area (Å²) >= 11 is 0. The lowest BCUT2D eigenvalue weighted by Crippen LogP contribution is -2.13. The van der Waals surface area contributed by atoms with E-state index in [0.29, 0.717) is 11.5 Å². The monoisotopic (exact) mass is 285 g/mol. The van der Waals surface area contributed by atoms with Gasteiger partial charge in [0.15, 0.2) is 11.6 Å². The Morgan fingerprint density at radius 2 is 1.95 bits per heavy atom. The molecule has 0 aromatic heterocycles. The molecule has 21 heavy (non-hydrogen) atoms. The van der Waals surface area contributed by atoms with Crippen LogP contribution in [0.2, 0.25) is 0 Å². The van der Waals surface area contributed by atoms with Crippen molar-refractivity contribution in [1.82, 2.24) is 5.32 Å². The molecule has 1 atom stereocenters. The molecule has 0 amide bonds. The van der Waals surface area contributed by atoms with Crippen LogP contribution in [0, 0.1) is 5.82 Å². The lowest BCUT2D eigenvalue weighted by molar-refractivity contribution is 0.428. The van der Waals surface area contributed by atoms with Gasteiger partial charge in [-0.2, -0.15) is 0 Å². The first-order valence-electron chi connectivity index (χ1n) is 7.44. The fourth-order valence-corrected chi connectivity index (χ4v) is 2.86. The molecule has 3 rings (SSSR count). The number of fused-ring (bicyclic) bond motifs is 1. The second kappa shape index (κ2) is 5.86. The number of hydrogen-bond acceptors (Lipinski definition) is 2. The Morgan fingerprint density at radius 1 is 1.14 bits per heavy atom. The second-order valence-corrected chi connectivity index (χ2v) is 5.55. The number of aryl methyl sites for hydroxylation is 2. The number of nitrogens with one attached hydrogen (secondary N) is 1. The maximum Gasteiger partial charge on any atom is 0.167 e. The summed E-state index contributed by atoms with van der Waals surface area (Å²) in [5.41, 5.74) is 3.55. The second-order valence-electron chi connectivity index (χ2n) is 5.55. The molecule has 2 aromatic rings. The number of para-hydroxylation sites is 1. The Hall–Kier alpha value is -1.87. The first kappa shape index (κ1) is 14.1. The molecule has 110 valence electrons. The number of hydrogen-bond donors (Lipinski definition) is 1. The maximum atomic E-state index is 14.2. The van der Waals surface area contributed by atoms with Gasteiger partial charge in [-0.25, -0.2) is 4.39 Å². The molecule has 0 radical (unpaired) electrons. The van der Waals surface area contributed by atoms with Gasteiger partial charge in [-0.15, -0.1) is 0 Å². The topological polar surface area (TPSA) is 21.3 Å². The molecule has 0 spiro atoms. The van der Waals surface area contributed by atoms with Crippen molar-refractivity contribution in [2.75, 3.05) is 7.05 Å². The molecule has 1 unspecified atom stereocenters. The van der Waals surface area contributed by atoms with Gasteiger partial charge in [0.1, 0.15) is 5.75 Å². The van der Waals surface area contributed by atoms with E-state index in [1.54, 1.807) is 6.07 Å².